The van der Waals surface area contributed by atoms with E-state index in [0.29, 0.717) is 24.5 Å². The molecule has 0 radical (unpaired) electrons. The molecule has 1 aliphatic rings. The Morgan fingerprint density at radius 3 is 2.74 bits per heavy atom. The van der Waals surface area contributed by atoms with Gasteiger partial charge in [-0.2, -0.15) is 0 Å². The lowest BCUT2D eigenvalue weighted by molar-refractivity contribution is -0.133. The number of rotatable bonds is 6. The minimum absolute atomic E-state index is 0.0589. The van der Waals surface area contributed by atoms with Gasteiger partial charge in [-0.25, -0.2) is 13.4 Å². The van der Waals surface area contributed by atoms with E-state index >= 15 is 0 Å². The first-order valence-electron chi connectivity index (χ1n) is 7.63. The van der Waals surface area contributed by atoms with Crippen LogP contribution in [0.2, 0.25) is 0 Å². The van der Waals surface area contributed by atoms with E-state index in [4.69, 9.17) is 4.74 Å². The fourth-order valence-corrected chi connectivity index (χ4v) is 4.49. The fraction of sp³-hybridized carbons (Fsp3) is 0.600. The van der Waals surface area contributed by atoms with Gasteiger partial charge in [-0.15, -0.1) is 0 Å². The van der Waals surface area contributed by atoms with Crippen molar-refractivity contribution in [3.8, 4) is 5.88 Å². The van der Waals surface area contributed by atoms with Crippen LogP contribution in [0.25, 0.3) is 0 Å². The topological polar surface area (TPSA) is 88.6 Å². The second-order valence-corrected chi connectivity index (χ2v) is 7.87. The quantitative estimate of drug-likeness (QED) is 0.828. The number of anilines is 1. The monoisotopic (exact) mass is 341 g/mol. The highest BCUT2D eigenvalue weighted by atomic mass is 32.2. The number of likely N-dealkylation sites (N-methyl/N-ethyl adjacent to an activating group) is 1. The zero-order valence-electron chi connectivity index (χ0n) is 13.7. The summed E-state index contributed by atoms with van der Waals surface area (Å²) >= 11 is 0. The van der Waals surface area contributed by atoms with Crippen LogP contribution in [0.15, 0.2) is 18.3 Å². The van der Waals surface area contributed by atoms with Crippen LogP contribution in [0, 0.1) is 0 Å². The zero-order valence-corrected chi connectivity index (χ0v) is 14.5. The van der Waals surface area contributed by atoms with Crippen LogP contribution >= 0.6 is 0 Å². The smallest absolute Gasteiger partial charge is 0.245 e. The number of pyridine rings is 1. The first kappa shape index (κ1) is 17.5. The van der Waals surface area contributed by atoms with E-state index in [1.165, 1.54) is 7.11 Å². The van der Waals surface area contributed by atoms with Crippen LogP contribution in [-0.2, 0) is 14.6 Å². The molecule has 1 aromatic rings. The number of methoxy groups -OCH3 is 1. The lowest BCUT2D eigenvalue weighted by atomic mass is 10.2. The van der Waals surface area contributed by atoms with Crippen LogP contribution < -0.4 is 10.1 Å². The number of amides is 1. The number of nitrogens with one attached hydrogen (secondary N) is 1. The number of aromatic nitrogens is 1. The van der Waals surface area contributed by atoms with E-state index in [1.54, 1.807) is 30.2 Å². The number of hydrogen-bond donors (Lipinski definition) is 1. The molecule has 1 N–H and O–H groups in total. The average molecular weight is 341 g/mol. The summed E-state index contributed by atoms with van der Waals surface area (Å²) in [4.78, 5) is 18.4. The van der Waals surface area contributed by atoms with Crippen molar-refractivity contribution in [1.82, 2.24) is 9.88 Å². The van der Waals surface area contributed by atoms with Gasteiger partial charge in [0.1, 0.15) is 6.04 Å². The third-order valence-electron chi connectivity index (χ3n) is 3.97. The number of carbonyl (C=O) groups excluding carboxylic acids is 1. The van der Waals surface area contributed by atoms with Crippen molar-refractivity contribution in [2.24, 2.45) is 0 Å². The van der Waals surface area contributed by atoms with E-state index in [2.05, 4.69) is 10.3 Å². The van der Waals surface area contributed by atoms with Crippen molar-refractivity contribution < 1.29 is 17.9 Å². The predicted molar refractivity (Wildman–Crippen MR) is 88.3 cm³/mol. The van der Waals surface area contributed by atoms with Gasteiger partial charge in [-0.05, 0) is 26.3 Å². The summed E-state index contributed by atoms with van der Waals surface area (Å²) in [5.74, 6) is 0.612. The van der Waals surface area contributed by atoms with Gasteiger partial charge >= 0.3 is 0 Å². The number of nitrogens with zero attached hydrogens (tertiary/aromatic N) is 2. The minimum Gasteiger partial charge on any atom is -0.481 e. The average Bonchev–Trinajstić information content (AvgIpc) is 2.88. The van der Waals surface area contributed by atoms with Crippen molar-refractivity contribution in [3.05, 3.63) is 18.3 Å². The molecular weight excluding hydrogens is 318 g/mol. The highest BCUT2D eigenvalue weighted by Gasteiger charge is 2.35. The van der Waals surface area contributed by atoms with Crippen molar-refractivity contribution in [1.29, 1.82) is 0 Å². The largest absolute Gasteiger partial charge is 0.481 e. The van der Waals surface area contributed by atoms with Gasteiger partial charge in [-0.3, -0.25) is 4.79 Å². The maximum absolute atomic E-state index is 12.6. The third kappa shape index (κ3) is 4.34. The Balaban J connectivity index is 2.01. The molecule has 0 aromatic carbocycles. The molecule has 0 saturated carbocycles. The van der Waals surface area contributed by atoms with E-state index in [9.17, 15) is 13.2 Å². The second-order valence-electron chi connectivity index (χ2n) is 5.64. The van der Waals surface area contributed by atoms with E-state index in [0.717, 1.165) is 0 Å². The normalized spacial score (nSPS) is 20.7. The minimum atomic E-state index is -3.01. The standard InChI is InChI=1S/C15H23N3O4S/c1-4-18(13-7-8-23(20,21)10-13)15(19)11(2)17-12-5-6-14(22-3)16-9-12/h5-6,9,11,13,17H,4,7-8,10H2,1-3H3/t11-,13-/m0/s1. The van der Waals surface area contributed by atoms with E-state index in [-0.39, 0.29) is 23.5 Å². The Bertz CT molecular complexity index is 645. The van der Waals surface area contributed by atoms with Gasteiger partial charge in [0, 0.05) is 18.7 Å². The number of hydrogen-bond acceptors (Lipinski definition) is 6. The maximum atomic E-state index is 12.6. The van der Waals surface area contributed by atoms with Gasteiger partial charge in [0.05, 0.1) is 30.5 Å². The molecule has 128 valence electrons. The number of ether oxygens (including phenoxy) is 1. The molecule has 0 unspecified atom stereocenters. The summed E-state index contributed by atoms with van der Waals surface area (Å²) < 4.78 is 28.3. The highest BCUT2D eigenvalue weighted by Crippen LogP contribution is 2.19. The molecule has 7 nitrogen and oxygen atoms in total. The Kier molecular flexibility index (Phi) is 5.46. The van der Waals surface area contributed by atoms with Gasteiger partial charge in [0.15, 0.2) is 9.84 Å². The van der Waals surface area contributed by atoms with E-state index < -0.39 is 15.9 Å². The second kappa shape index (κ2) is 7.16. The van der Waals surface area contributed by atoms with Gasteiger partial charge in [-0.1, -0.05) is 0 Å². The molecule has 0 spiro atoms. The van der Waals surface area contributed by atoms with Crippen LogP contribution in [-0.4, -0.2) is 61.5 Å². The highest BCUT2D eigenvalue weighted by molar-refractivity contribution is 7.91. The Hall–Kier alpha value is -1.83. The molecule has 1 aromatic heterocycles. The molecule has 1 aliphatic heterocycles. The van der Waals surface area contributed by atoms with Gasteiger partial charge in [0.2, 0.25) is 11.8 Å². The fourth-order valence-electron chi connectivity index (χ4n) is 2.76. The molecular formula is C15H23N3O4S. The predicted octanol–water partition coefficient (Wildman–Crippen LogP) is 0.926. The van der Waals surface area contributed by atoms with Crippen molar-refractivity contribution in [2.75, 3.05) is 30.5 Å². The third-order valence-corrected chi connectivity index (χ3v) is 5.72. The maximum Gasteiger partial charge on any atom is 0.245 e. The SMILES string of the molecule is CCN(C(=O)[C@H](C)Nc1ccc(OC)nc1)[C@H]1CCS(=O)(=O)C1. The molecule has 1 saturated heterocycles. The summed E-state index contributed by atoms with van der Waals surface area (Å²) in [5, 5.41) is 3.09. The summed E-state index contributed by atoms with van der Waals surface area (Å²) in [6.45, 7) is 4.12. The lowest BCUT2D eigenvalue weighted by Gasteiger charge is -2.30. The molecule has 2 heterocycles. The molecule has 0 bridgehead atoms. The van der Waals surface area contributed by atoms with E-state index in [1.807, 2.05) is 6.92 Å². The molecule has 8 heteroatoms. The molecule has 1 fully saturated rings. The van der Waals surface area contributed by atoms with Gasteiger partial charge < -0.3 is 15.0 Å². The summed E-state index contributed by atoms with van der Waals surface area (Å²) in [5.41, 5.74) is 0.710. The summed E-state index contributed by atoms with van der Waals surface area (Å²) in [7, 11) is -1.48. The Labute approximate surface area is 137 Å². The molecule has 0 aliphatic carbocycles. The van der Waals surface area contributed by atoms with Gasteiger partial charge in [0.25, 0.3) is 0 Å². The first-order valence-corrected chi connectivity index (χ1v) is 9.46. The molecule has 2 atom stereocenters. The van der Waals surface area contributed by atoms with Crippen LogP contribution in [0.1, 0.15) is 20.3 Å². The molecule has 2 rings (SSSR count). The van der Waals surface area contributed by atoms with Crippen molar-refractivity contribution in [2.45, 2.75) is 32.4 Å². The Morgan fingerprint density at radius 1 is 1.52 bits per heavy atom. The summed E-state index contributed by atoms with van der Waals surface area (Å²) in [6.07, 6.45) is 2.11. The van der Waals surface area contributed by atoms with Crippen LogP contribution in [0.3, 0.4) is 0 Å². The number of sulfone groups is 1. The van der Waals surface area contributed by atoms with Crippen molar-refractivity contribution >= 4 is 21.4 Å². The van der Waals surface area contributed by atoms with Crippen LogP contribution in [0.5, 0.6) is 5.88 Å². The van der Waals surface area contributed by atoms with Crippen molar-refractivity contribution in [3.63, 3.8) is 0 Å². The molecule has 1 amide bonds. The number of carbonyl (C=O) groups is 1. The summed E-state index contributed by atoms with van der Waals surface area (Å²) in [6, 6.07) is 2.80. The zero-order chi connectivity index (χ0) is 17.0. The molecule has 23 heavy (non-hydrogen) atoms. The Morgan fingerprint density at radius 2 is 2.26 bits per heavy atom. The lowest BCUT2D eigenvalue weighted by Crippen LogP contribution is -2.47. The first-order chi connectivity index (χ1) is 10.9. The van der Waals surface area contributed by atoms with Crippen LogP contribution in [0.4, 0.5) is 5.69 Å².